The maximum absolute atomic E-state index is 13.9. The molecule has 0 saturated heterocycles. The molecular weight excluding hydrogens is 285 g/mol. The molecule has 0 aliphatic heterocycles. The fraction of sp³-hybridized carbons (Fsp3) is 0.333. The molecule has 0 aliphatic carbocycles. The van der Waals surface area contributed by atoms with E-state index in [-0.39, 0.29) is 17.9 Å². The zero-order valence-electron chi connectivity index (χ0n) is 12.4. The Morgan fingerprint density at radius 2 is 1.76 bits per heavy atom. The van der Waals surface area contributed by atoms with Crippen LogP contribution in [0.5, 0.6) is 0 Å². The van der Waals surface area contributed by atoms with Crippen LogP contribution in [-0.2, 0) is 6.42 Å². The second-order valence-electron chi connectivity index (χ2n) is 5.35. The first kappa shape index (κ1) is 16.0. The van der Waals surface area contributed by atoms with E-state index in [1.54, 1.807) is 6.07 Å². The minimum absolute atomic E-state index is 0.0173. The fourth-order valence-corrected chi connectivity index (χ4v) is 2.79. The first-order chi connectivity index (χ1) is 10.1. The van der Waals surface area contributed by atoms with Gasteiger partial charge < -0.3 is 5.32 Å². The summed E-state index contributed by atoms with van der Waals surface area (Å²) in [5, 5.41) is 4.28. The third-order valence-corrected chi connectivity index (χ3v) is 4.03. The van der Waals surface area contributed by atoms with Crippen molar-refractivity contribution in [1.29, 1.82) is 0 Å². The van der Waals surface area contributed by atoms with E-state index in [0.717, 1.165) is 29.0 Å². The van der Waals surface area contributed by atoms with Crippen LogP contribution >= 0.6 is 11.6 Å². The van der Waals surface area contributed by atoms with E-state index >= 15 is 0 Å². The summed E-state index contributed by atoms with van der Waals surface area (Å²) in [6.45, 7) is 4.17. The van der Waals surface area contributed by atoms with E-state index < -0.39 is 0 Å². The van der Waals surface area contributed by atoms with Crippen molar-refractivity contribution in [2.24, 2.45) is 0 Å². The lowest BCUT2D eigenvalue weighted by molar-refractivity contribution is 0.429. The molecule has 0 aliphatic rings. The van der Waals surface area contributed by atoms with E-state index in [4.69, 9.17) is 11.6 Å². The van der Waals surface area contributed by atoms with Gasteiger partial charge in [-0.2, -0.15) is 0 Å². The standard InChI is InChI=1S/C18H21ClFN/c1-3-18(15-9-5-7-11-17(15)20)21-13(2)12-14-8-4-6-10-16(14)19/h4-11,13,18,21H,3,12H2,1-2H3. The van der Waals surface area contributed by atoms with Crippen LogP contribution in [-0.4, -0.2) is 6.04 Å². The SMILES string of the molecule is CCC(NC(C)Cc1ccccc1Cl)c1ccccc1F. The molecule has 2 aromatic rings. The van der Waals surface area contributed by atoms with Crippen molar-refractivity contribution >= 4 is 11.6 Å². The van der Waals surface area contributed by atoms with Gasteiger partial charge in [-0.05, 0) is 37.5 Å². The van der Waals surface area contributed by atoms with Gasteiger partial charge in [0.1, 0.15) is 5.82 Å². The molecule has 0 bridgehead atoms. The lowest BCUT2D eigenvalue weighted by Crippen LogP contribution is -2.32. The summed E-state index contributed by atoms with van der Waals surface area (Å²) in [5.41, 5.74) is 1.84. The average molecular weight is 306 g/mol. The van der Waals surface area contributed by atoms with E-state index in [1.807, 2.05) is 36.4 Å². The summed E-state index contributed by atoms with van der Waals surface area (Å²) in [4.78, 5) is 0. The maximum atomic E-state index is 13.9. The van der Waals surface area contributed by atoms with Gasteiger partial charge in [0.05, 0.1) is 0 Å². The second-order valence-corrected chi connectivity index (χ2v) is 5.75. The molecule has 3 heteroatoms. The largest absolute Gasteiger partial charge is 0.307 e. The molecule has 0 radical (unpaired) electrons. The highest BCUT2D eigenvalue weighted by Gasteiger charge is 2.16. The molecule has 112 valence electrons. The third kappa shape index (κ3) is 4.29. The van der Waals surface area contributed by atoms with Gasteiger partial charge in [-0.25, -0.2) is 4.39 Å². The van der Waals surface area contributed by atoms with Crippen LogP contribution in [0.15, 0.2) is 48.5 Å². The van der Waals surface area contributed by atoms with Crippen LogP contribution in [0.2, 0.25) is 5.02 Å². The molecule has 1 N–H and O–H groups in total. The first-order valence-electron chi connectivity index (χ1n) is 7.35. The lowest BCUT2D eigenvalue weighted by atomic mass is 10.0. The molecule has 0 amide bonds. The molecule has 0 fully saturated rings. The Kier molecular flexibility index (Phi) is 5.77. The van der Waals surface area contributed by atoms with Gasteiger partial charge in [0.2, 0.25) is 0 Å². The topological polar surface area (TPSA) is 12.0 Å². The van der Waals surface area contributed by atoms with Gasteiger partial charge >= 0.3 is 0 Å². The lowest BCUT2D eigenvalue weighted by Gasteiger charge is -2.23. The number of halogens is 2. The quantitative estimate of drug-likeness (QED) is 0.778. The van der Waals surface area contributed by atoms with Gasteiger partial charge in [-0.15, -0.1) is 0 Å². The van der Waals surface area contributed by atoms with Crippen molar-refractivity contribution in [2.75, 3.05) is 0 Å². The fourth-order valence-electron chi connectivity index (χ4n) is 2.58. The minimum atomic E-state index is -0.151. The molecule has 2 unspecified atom stereocenters. The zero-order chi connectivity index (χ0) is 15.2. The van der Waals surface area contributed by atoms with Crippen LogP contribution in [0.3, 0.4) is 0 Å². The average Bonchev–Trinajstić information content (AvgIpc) is 2.48. The molecule has 2 aromatic carbocycles. The van der Waals surface area contributed by atoms with Gasteiger partial charge in [-0.3, -0.25) is 0 Å². The molecule has 2 atom stereocenters. The predicted molar refractivity (Wildman–Crippen MR) is 87.2 cm³/mol. The van der Waals surface area contributed by atoms with Crippen molar-refractivity contribution < 1.29 is 4.39 Å². The van der Waals surface area contributed by atoms with Crippen LogP contribution < -0.4 is 5.32 Å². The summed E-state index contributed by atoms with van der Waals surface area (Å²) in [7, 11) is 0. The Labute approximate surface area is 131 Å². The highest BCUT2D eigenvalue weighted by Crippen LogP contribution is 2.22. The smallest absolute Gasteiger partial charge is 0.127 e. The van der Waals surface area contributed by atoms with Crippen molar-refractivity contribution in [3.05, 3.63) is 70.5 Å². The van der Waals surface area contributed by atoms with Gasteiger partial charge in [0.25, 0.3) is 0 Å². The second kappa shape index (κ2) is 7.58. The first-order valence-corrected chi connectivity index (χ1v) is 7.73. The van der Waals surface area contributed by atoms with Gasteiger partial charge in [0.15, 0.2) is 0 Å². The Morgan fingerprint density at radius 1 is 1.10 bits per heavy atom. The Bertz CT molecular complexity index is 585. The number of hydrogen-bond acceptors (Lipinski definition) is 1. The summed E-state index contributed by atoms with van der Waals surface area (Å²) < 4.78 is 13.9. The third-order valence-electron chi connectivity index (χ3n) is 3.66. The van der Waals surface area contributed by atoms with Crippen LogP contribution in [0.25, 0.3) is 0 Å². The van der Waals surface area contributed by atoms with Crippen molar-refractivity contribution in [2.45, 2.75) is 38.8 Å². The maximum Gasteiger partial charge on any atom is 0.127 e. The van der Waals surface area contributed by atoms with Crippen LogP contribution in [0.1, 0.15) is 37.4 Å². The monoisotopic (exact) mass is 305 g/mol. The Hall–Kier alpha value is -1.38. The van der Waals surface area contributed by atoms with E-state index in [1.165, 1.54) is 6.07 Å². The number of nitrogens with one attached hydrogen (secondary N) is 1. The molecule has 0 spiro atoms. The van der Waals surface area contributed by atoms with Gasteiger partial charge in [-0.1, -0.05) is 54.9 Å². The van der Waals surface area contributed by atoms with Crippen molar-refractivity contribution in [3.8, 4) is 0 Å². The van der Waals surface area contributed by atoms with Crippen molar-refractivity contribution in [3.63, 3.8) is 0 Å². The summed E-state index contributed by atoms with van der Waals surface area (Å²) in [6, 6.07) is 15.0. The molecule has 0 heterocycles. The Balaban J connectivity index is 2.05. The molecule has 21 heavy (non-hydrogen) atoms. The number of benzene rings is 2. The summed E-state index contributed by atoms with van der Waals surface area (Å²) >= 11 is 6.19. The molecular formula is C18H21ClFN. The Morgan fingerprint density at radius 3 is 2.43 bits per heavy atom. The molecule has 0 aromatic heterocycles. The van der Waals surface area contributed by atoms with E-state index in [2.05, 4.69) is 19.2 Å². The van der Waals surface area contributed by atoms with Crippen molar-refractivity contribution in [1.82, 2.24) is 5.32 Å². The summed E-state index contributed by atoms with van der Waals surface area (Å²) in [5.74, 6) is -0.151. The molecule has 1 nitrogen and oxygen atoms in total. The number of hydrogen-bond donors (Lipinski definition) is 1. The highest BCUT2D eigenvalue weighted by molar-refractivity contribution is 6.31. The molecule has 2 rings (SSSR count). The molecule has 0 saturated carbocycles. The van der Waals surface area contributed by atoms with Crippen LogP contribution in [0.4, 0.5) is 4.39 Å². The highest BCUT2D eigenvalue weighted by atomic mass is 35.5. The van der Waals surface area contributed by atoms with E-state index in [0.29, 0.717) is 0 Å². The predicted octanol–water partition coefficient (Wildman–Crippen LogP) is 5.15. The summed E-state index contributed by atoms with van der Waals surface area (Å²) in [6.07, 6.45) is 1.67. The number of rotatable bonds is 6. The zero-order valence-corrected chi connectivity index (χ0v) is 13.2. The van der Waals surface area contributed by atoms with Crippen LogP contribution in [0, 0.1) is 5.82 Å². The minimum Gasteiger partial charge on any atom is -0.307 e. The van der Waals surface area contributed by atoms with E-state index in [9.17, 15) is 4.39 Å². The normalized spacial score (nSPS) is 13.9. The van der Waals surface area contributed by atoms with Gasteiger partial charge in [0, 0.05) is 22.7 Å².